The molecule has 1 aromatic carbocycles. The van der Waals surface area contributed by atoms with Crippen molar-refractivity contribution in [3.63, 3.8) is 0 Å². The van der Waals surface area contributed by atoms with Crippen molar-refractivity contribution in [2.45, 2.75) is 92.2 Å². The van der Waals surface area contributed by atoms with E-state index >= 15 is 0 Å². The van der Waals surface area contributed by atoms with E-state index in [0.717, 1.165) is 50.0 Å². The maximum Gasteiger partial charge on any atom is 0.335 e. The molecule has 1 atom stereocenters. The van der Waals surface area contributed by atoms with Crippen LogP contribution < -0.4 is 5.32 Å². The standard InChI is InChI=1S/C26H40N2O3/c1-25(2,3)16-15-22(18-7-9-19(10-8-18)24(30)31)28-23(29)17-27-21-13-11-20(12-14-21)26(4,5)6/h7-10,17,20-22H,11-16H2,1-6H3,(H,28,29)(H,30,31). The summed E-state index contributed by atoms with van der Waals surface area (Å²) < 4.78 is 0. The lowest BCUT2D eigenvalue weighted by Crippen LogP contribution is -2.31. The zero-order chi connectivity index (χ0) is 23.2. The maximum atomic E-state index is 12.6. The Morgan fingerprint density at radius 3 is 2.13 bits per heavy atom. The van der Waals surface area contributed by atoms with Gasteiger partial charge in [-0.05, 0) is 73.0 Å². The first kappa shape index (κ1) is 25.1. The van der Waals surface area contributed by atoms with E-state index in [4.69, 9.17) is 5.11 Å². The molecule has 2 N–H and O–H groups in total. The second-order valence-corrected chi connectivity index (χ2v) is 11.2. The zero-order valence-electron chi connectivity index (χ0n) is 20.1. The Hall–Kier alpha value is -2.17. The van der Waals surface area contributed by atoms with Crippen molar-refractivity contribution >= 4 is 18.1 Å². The monoisotopic (exact) mass is 428 g/mol. The second kappa shape index (κ2) is 10.4. The molecular weight excluding hydrogens is 388 g/mol. The molecule has 0 aromatic heterocycles. The molecular formula is C26H40N2O3. The Kier molecular flexibility index (Phi) is 8.44. The van der Waals surface area contributed by atoms with Crippen LogP contribution in [0.2, 0.25) is 0 Å². The van der Waals surface area contributed by atoms with Crippen LogP contribution in [0.25, 0.3) is 0 Å². The van der Waals surface area contributed by atoms with E-state index in [1.807, 2.05) is 0 Å². The van der Waals surface area contributed by atoms with E-state index in [-0.39, 0.29) is 29.0 Å². The van der Waals surface area contributed by atoms with E-state index in [0.29, 0.717) is 5.41 Å². The van der Waals surface area contributed by atoms with Gasteiger partial charge in [-0.3, -0.25) is 9.79 Å². The average Bonchev–Trinajstić information content (AvgIpc) is 2.68. The fraction of sp³-hybridized carbons (Fsp3) is 0.654. The second-order valence-electron chi connectivity index (χ2n) is 11.2. The lowest BCUT2D eigenvalue weighted by atomic mass is 9.71. The lowest BCUT2D eigenvalue weighted by Gasteiger charge is -2.35. The summed E-state index contributed by atoms with van der Waals surface area (Å²) in [6.45, 7) is 13.4. The number of carbonyl (C=O) groups is 2. The number of rotatable bonds is 7. The third-order valence-corrected chi connectivity index (χ3v) is 6.38. The SMILES string of the molecule is CC(C)(C)CCC(NC(=O)C=NC1CCC(C(C)(C)C)CC1)c1ccc(C(=O)O)cc1. The predicted molar refractivity (Wildman–Crippen MR) is 127 cm³/mol. The van der Waals surface area contributed by atoms with Crippen molar-refractivity contribution in [3.8, 4) is 0 Å². The van der Waals surface area contributed by atoms with E-state index < -0.39 is 5.97 Å². The molecule has 1 aliphatic rings. The molecule has 2 rings (SSSR count). The highest BCUT2D eigenvalue weighted by molar-refractivity contribution is 6.26. The van der Waals surface area contributed by atoms with Gasteiger partial charge in [0.15, 0.2) is 0 Å². The summed E-state index contributed by atoms with van der Waals surface area (Å²) in [6, 6.07) is 6.83. The third-order valence-electron chi connectivity index (χ3n) is 6.38. The Balaban J connectivity index is 2.00. The van der Waals surface area contributed by atoms with Crippen molar-refractivity contribution in [2.24, 2.45) is 21.7 Å². The van der Waals surface area contributed by atoms with Gasteiger partial charge in [0.2, 0.25) is 0 Å². The van der Waals surface area contributed by atoms with E-state index in [9.17, 15) is 9.59 Å². The molecule has 1 amide bonds. The number of hydrogen-bond donors (Lipinski definition) is 2. The van der Waals surface area contributed by atoms with Gasteiger partial charge < -0.3 is 10.4 Å². The Labute approximate surface area is 187 Å². The normalized spacial score (nSPS) is 21.1. The summed E-state index contributed by atoms with van der Waals surface area (Å²) >= 11 is 0. The quantitative estimate of drug-likeness (QED) is 0.519. The van der Waals surface area contributed by atoms with Gasteiger partial charge in [-0.15, -0.1) is 0 Å². The van der Waals surface area contributed by atoms with Crippen LogP contribution in [0.3, 0.4) is 0 Å². The van der Waals surface area contributed by atoms with Crippen LogP contribution in [-0.4, -0.2) is 29.2 Å². The van der Waals surface area contributed by atoms with E-state index in [2.05, 4.69) is 51.9 Å². The van der Waals surface area contributed by atoms with E-state index in [1.165, 1.54) is 6.21 Å². The van der Waals surface area contributed by atoms with Crippen LogP contribution in [0.15, 0.2) is 29.3 Å². The first-order chi connectivity index (χ1) is 14.3. The van der Waals surface area contributed by atoms with Gasteiger partial charge in [0, 0.05) is 0 Å². The molecule has 1 fully saturated rings. The molecule has 0 bridgehead atoms. The summed E-state index contributed by atoms with van der Waals surface area (Å²) in [5.41, 5.74) is 1.64. The smallest absolute Gasteiger partial charge is 0.335 e. The number of carboxylic acid groups (broad SMARTS) is 1. The van der Waals surface area contributed by atoms with Crippen molar-refractivity contribution in [1.82, 2.24) is 5.32 Å². The molecule has 5 heteroatoms. The highest BCUT2D eigenvalue weighted by atomic mass is 16.4. The fourth-order valence-electron chi connectivity index (χ4n) is 4.23. The number of amides is 1. The van der Waals surface area contributed by atoms with Gasteiger partial charge in [-0.25, -0.2) is 4.79 Å². The van der Waals surface area contributed by atoms with Crippen molar-refractivity contribution in [2.75, 3.05) is 0 Å². The zero-order valence-corrected chi connectivity index (χ0v) is 20.1. The molecule has 1 unspecified atom stereocenters. The molecule has 1 saturated carbocycles. The summed E-state index contributed by atoms with van der Waals surface area (Å²) in [4.78, 5) is 28.4. The minimum Gasteiger partial charge on any atom is -0.478 e. The minimum atomic E-state index is -0.949. The molecule has 0 heterocycles. The van der Waals surface area contributed by atoms with Gasteiger partial charge in [-0.1, -0.05) is 53.7 Å². The number of carbonyl (C=O) groups excluding carboxylic acids is 1. The first-order valence-corrected chi connectivity index (χ1v) is 11.5. The molecule has 1 aliphatic carbocycles. The van der Waals surface area contributed by atoms with Crippen LogP contribution in [0, 0.1) is 16.7 Å². The fourth-order valence-corrected chi connectivity index (χ4v) is 4.23. The number of hydrogen-bond acceptors (Lipinski definition) is 3. The van der Waals surface area contributed by atoms with Crippen LogP contribution >= 0.6 is 0 Å². The third kappa shape index (κ3) is 8.47. The van der Waals surface area contributed by atoms with Crippen LogP contribution in [0.4, 0.5) is 0 Å². The molecule has 0 spiro atoms. The summed E-state index contributed by atoms with van der Waals surface area (Å²) in [7, 11) is 0. The summed E-state index contributed by atoms with van der Waals surface area (Å²) in [5.74, 6) is -0.405. The van der Waals surface area contributed by atoms with E-state index in [1.54, 1.807) is 24.3 Å². The number of nitrogens with zero attached hydrogens (tertiary/aromatic N) is 1. The van der Waals surface area contributed by atoms with Crippen molar-refractivity contribution in [3.05, 3.63) is 35.4 Å². The lowest BCUT2D eigenvalue weighted by molar-refractivity contribution is -0.115. The molecule has 31 heavy (non-hydrogen) atoms. The predicted octanol–water partition coefficient (Wildman–Crippen LogP) is 6.04. The number of benzene rings is 1. The van der Waals surface area contributed by atoms with Crippen LogP contribution in [-0.2, 0) is 4.79 Å². The number of aromatic carboxylic acids is 1. The van der Waals surface area contributed by atoms with Gasteiger partial charge >= 0.3 is 5.97 Å². The molecule has 0 radical (unpaired) electrons. The molecule has 0 saturated heterocycles. The highest BCUT2D eigenvalue weighted by Gasteiger charge is 2.29. The van der Waals surface area contributed by atoms with Crippen molar-refractivity contribution < 1.29 is 14.7 Å². The van der Waals surface area contributed by atoms with Crippen LogP contribution in [0.1, 0.15) is 102 Å². The largest absolute Gasteiger partial charge is 0.478 e. The molecule has 5 nitrogen and oxygen atoms in total. The van der Waals surface area contributed by atoms with Gasteiger partial charge in [0.05, 0.1) is 23.9 Å². The number of aliphatic imine (C=N–C) groups is 1. The maximum absolute atomic E-state index is 12.6. The average molecular weight is 429 g/mol. The summed E-state index contributed by atoms with van der Waals surface area (Å²) in [5, 5.41) is 12.2. The van der Waals surface area contributed by atoms with Gasteiger partial charge in [-0.2, -0.15) is 0 Å². The summed E-state index contributed by atoms with van der Waals surface area (Å²) in [6.07, 6.45) is 7.58. The number of nitrogens with one attached hydrogen (secondary N) is 1. The van der Waals surface area contributed by atoms with Crippen molar-refractivity contribution in [1.29, 1.82) is 0 Å². The topological polar surface area (TPSA) is 78.8 Å². The number of carboxylic acids is 1. The van der Waals surface area contributed by atoms with Gasteiger partial charge in [0.1, 0.15) is 0 Å². The van der Waals surface area contributed by atoms with Gasteiger partial charge in [0.25, 0.3) is 5.91 Å². The molecule has 1 aromatic rings. The Bertz CT molecular complexity index is 761. The Morgan fingerprint density at radius 1 is 1.06 bits per heavy atom. The van der Waals surface area contributed by atoms with Crippen LogP contribution in [0.5, 0.6) is 0 Å². The molecule has 172 valence electrons. The first-order valence-electron chi connectivity index (χ1n) is 11.5. The highest BCUT2D eigenvalue weighted by Crippen LogP contribution is 2.38. The Morgan fingerprint density at radius 2 is 1.65 bits per heavy atom. The molecule has 0 aliphatic heterocycles. The minimum absolute atomic E-state index is 0.143.